The molecule has 104 valence electrons. The SMILES string of the molecule is CC(C)(C)c1ccc2c(c1)C(CN)c1cccc(Cl)c1-2. The van der Waals surface area contributed by atoms with Crippen molar-refractivity contribution in [1.29, 1.82) is 0 Å². The van der Waals surface area contributed by atoms with Gasteiger partial charge in [-0.05, 0) is 33.7 Å². The molecule has 0 spiro atoms. The first kappa shape index (κ1) is 13.7. The lowest BCUT2D eigenvalue weighted by Crippen LogP contribution is -2.14. The van der Waals surface area contributed by atoms with E-state index in [1.165, 1.54) is 27.8 Å². The normalized spacial score (nSPS) is 16.9. The van der Waals surface area contributed by atoms with Gasteiger partial charge in [0, 0.05) is 23.0 Å². The van der Waals surface area contributed by atoms with Gasteiger partial charge in [-0.1, -0.05) is 62.7 Å². The van der Waals surface area contributed by atoms with E-state index >= 15 is 0 Å². The van der Waals surface area contributed by atoms with Crippen LogP contribution < -0.4 is 5.73 Å². The van der Waals surface area contributed by atoms with Crippen LogP contribution in [0.3, 0.4) is 0 Å². The molecule has 0 bridgehead atoms. The highest BCUT2D eigenvalue weighted by atomic mass is 35.5. The Morgan fingerprint density at radius 2 is 1.85 bits per heavy atom. The van der Waals surface area contributed by atoms with Gasteiger partial charge in [-0.2, -0.15) is 0 Å². The second kappa shape index (κ2) is 4.61. The van der Waals surface area contributed by atoms with Crippen molar-refractivity contribution in [2.24, 2.45) is 5.73 Å². The molecule has 1 aliphatic carbocycles. The lowest BCUT2D eigenvalue weighted by molar-refractivity contribution is 0.589. The number of benzene rings is 2. The van der Waals surface area contributed by atoms with Crippen LogP contribution in [0.15, 0.2) is 36.4 Å². The molecule has 0 saturated heterocycles. The van der Waals surface area contributed by atoms with Crippen molar-refractivity contribution in [3.63, 3.8) is 0 Å². The summed E-state index contributed by atoms with van der Waals surface area (Å²) in [7, 11) is 0. The zero-order valence-electron chi connectivity index (χ0n) is 12.2. The van der Waals surface area contributed by atoms with Crippen molar-refractivity contribution in [3.05, 3.63) is 58.1 Å². The molecule has 0 aliphatic heterocycles. The van der Waals surface area contributed by atoms with Gasteiger partial charge in [0.05, 0.1) is 0 Å². The van der Waals surface area contributed by atoms with E-state index in [4.69, 9.17) is 17.3 Å². The van der Waals surface area contributed by atoms with Crippen LogP contribution in [0.25, 0.3) is 11.1 Å². The Labute approximate surface area is 125 Å². The summed E-state index contributed by atoms with van der Waals surface area (Å²) in [5.41, 5.74) is 12.5. The van der Waals surface area contributed by atoms with Crippen molar-refractivity contribution in [3.8, 4) is 11.1 Å². The summed E-state index contributed by atoms with van der Waals surface area (Å²) in [5, 5.41) is 0.822. The van der Waals surface area contributed by atoms with Gasteiger partial charge in [-0.15, -0.1) is 0 Å². The number of nitrogens with two attached hydrogens (primary N) is 1. The molecule has 0 fully saturated rings. The Bertz CT molecular complexity index is 668. The summed E-state index contributed by atoms with van der Waals surface area (Å²) in [4.78, 5) is 0. The van der Waals surface area contributed by atoms with Crippen molar-refractivity contribution in [2.75, 3.05) is 6.54 Å². The maximum atomic E-state index is 6.41. The van der Waals surface area contributed by atoms with E-state index in [1.54, 1.807) is 0 Å². The minimum Gasteiger partial charge on any atom is -0.330 e. The highest BCUT2D eigenvalue weighted by Gasteiger charge is 2.30. The Kier molecular flexibility index (Phi) is 3.15. The summed E-state index contributed by atoms with van der Waals surface area (Å²) in [6.07, 6.45) is 0. The monoisotopic (exact) mass is 285 g/mol. The molecule has 0 aromatic heterocycles. The van der Waals surface area contributed by atoms with Gasteiger partial charge in [0.1, 0.15) is 0 Å². The smallest absolute Gasteiger partial charge is 0.0487 e. The van der Waals surface area contributed by atoms with Crippen LogP contribution in [0.2, 0.25) is 5.02 Å². The number of fused-ring (bicyclic) bond motifs is 3. The van der Waals surface area contributed by atoms with Crippen LogP contribution in [-0.4, -0.2) is 6.54 Å². The van der Waals surface area contributed by atoms with Gasteiger partial charge in [0.2, 0.25) is 0 Å². The van der Waals surface area contributed by atoms with Crippen molar-refractivity contribution >= 4 is 11.6 Å². The summed E-state index contributed by atoms with van der Waals surface area (Å²) >= 11 is 6.41. The summed E-state index contributed by atoms with van der Waals surface area (Å²) in [5.74, 6) is 0.265. The quantitative estimate of drug-likeness (QED) is 0.807. The molecule has 2 aromatic carbocycles. The molecule has 1 unspecified atom stereocenters. The molecule has 2 N–H and O–H groups in total. The van der Waals surface area contributed by atoms with Crippen LogP contribution in [-0.2, 0) is 5.41 Å². The highest BCUT2D eigenvalue weighted by Crippen LogP contribution is 2.48. The van der Waals surface area contributed by atoms with E-state index < -0.39 is 0 Å². The van der Waals surface area contributed by atoms with E-state index in [-0.39, 0.29) is 11.3 Å². The molecule has 0 heterocycles. The van der Waals surface area contributed by atoms with E-state index in [0.29, 0.717) is 6.54 Å². The van der Waals surface area contributed by atoms with Gasteiger partial charge in [0.25, 0.3) is 0 Å². The number of halogens is 1. The van der Waals surface area contributed by atoms with E-state index in [1.807, 2.05) is 12.1 Å². The molecule has 1 nitrogen and oxygen atoms in total. The number of hydrogen-bond donors (Lipinski definition) is 1. The second-order valence-corrected chi connectivity index (χ2v) is 6.95. The standard InChI is InChI=1S/C18H20ClN/c1-18(2,3)11-7-8-13-14(9-11)15(10-20)12-5-4-6-16(19)17(12)13/h4-9,15H,10,20H2,1-3H3. The molecule has 3 rings (SSSR count). The lowest BCUT2D eigenvalue weighted by atomic mass is 9.84. The second-order valence-electron chi connectivity index (χ2n) is 6.54. The van der Waals surface area contributed by atoms with E-state index in [2.05, 4.69) is 45.0 Å². The Balaban J connectivity index is 2.25. The summed E-state index contributed by atoms with van der Waals surface area (Å²) in [6, 6.07) is 12.8. The van der Waals surface area contributed by atoms with Gasteiger partial charge in [-0.3, -0.25) is 0 Å². The zero-order chi connectivity index (χ0) is 14.5. The average molecular weight is 286 g/mol. The molecular formula is C18H20ClN. The predicted molar refractivity (Wildman–Crippen MR) is 86.5 cm³/mol. The van der Waals surface area contributed by atoms with Gasteiger partial charge < -0.3 is 5.73 Å². The third kappa shape index (κ3) is 1.97. The van der Waals surface area contributed by atoms with Gasteiger partial charge >= 0.3 is 0 Å². The summed E-state index contributed by atoms with van der Waals surface area (Å²) in [6.45, 7) is 7.33. The first-order valence-corrected chi connectivity index (χ1v) is 7.44. The van der Waals surface area contributed by atoms with Crippen LogP contribution in [0.5, 0.6) is 0 Å². The molecule has 2 aromatic rings. The third-order valence-corrected chi connectivity index (χ3v) is 4.53. The Hall–Kier alpha value is -1.31. The maximum absolute atomic E-state index is 6.41. The average Bonchev–Trinajstić information content (AvgIpc) is 2.71. The number of rotatable bonds is 1. The van der Waals surface area contributed by atoms with E-state index in [0.717, 1.165) is 5.02 Å². The molecule has 2 heteroatoms. The maximum Gasteiger partial charge on any atom is 0.0487 e. The third-order valence-electron chi connectivity index (χ3n) is 4.22. The van der Waals surface area contributed by atoms with Crippen LogP contribution in [0, 0.1) is 0 Å². The van der Waals surface area contributed by atoms with Crippen molar-refractivity contribution in [2.45, 2.75) is 32.1 Å². The fraction of sp³-hybridized carbons (Fsp3) is 0.333. The molecule has 1 atom stereocenters. The minimum atomic E-state index is 0.146. The van der Waals surface area contributed by atoms with Crippen molar-refractivity contribution < 1.29 is 0 Å². The van der Waals surface area contributed by atoms with Gasteiger partial charge in [0.15, 0.2) is 0 Å². The first-order chi connectivity index (χ1) is 9.43. The lowest BCUT2D eigenvalue weighted by Gasteiger charge is -2.21. The highest BCUT2D eigenvalue weighted by molar-refractivity contribution is 6.33. The van der Waals surface area contributed by atoms with Gasteiger partial charge in [-0.25, -0.2) is 0 Å². The molecule has 0 radical (unpaired) electrons. The Morgan fingerprint density at radius 3 is 2.50 bits per heavy atom. The fourth-order valence-electron chi connectivity index (χ4n) is 3.08. The molecular weight excluding hydrogens is 266 g/mol. The topological polar surface area (TPSA) is 26.0 Å². The van der Waals surface area contributed by atoms with Crippen LogP contribution in [0.1, 0.15) is 43.4 Å². The minimum absolute atomic E-state index is 0.146. The van der Waals surface area contributed by atoms with E-state index in [9.17, 15) is 0 Å². The fourth-order valence-corrected chi connectivity index (χ4v) is 3.37. The molecule has 0 saturated carbocycles. The largest absolute Gasteiger partial charge is 0.330 e. The predicted octanol–water partition coefficient (Wildman–Crippen LogP) is 4.71. The molecule has 1 aliphatic rings. The first-order valence-electron chi connectivity index (χ1n) is 7.06. The van der Waals surface area contributed by atoms with Crippen LogP contribution in [0.4, 0.5) is 0 Å². The van der Waals surface area contributed by atoms with Crippen molar-refractivity contribution in [1.82, 2.24) is 0 Å². The summed E-state index contributed by atoms with van der Waals surface area (Å²) < 4.78 is 0. The molecule has 0 amide bonds. The number of hydrogen-bond acceptors (Lipinski definition) is 1. The van der Waals surface area contributed by atoms with Crippen LogP contribution >= 0.6 is 11.6 Å². The molecule has 20 heavy (non-hydrogen) atoms. The Morgan fingerprint density at radius 1 is 1.10 bits per heavy atom. The zero-order valence-corrected chi connectivity index (χ0v) is 13.0.